The van der Waals surface area contributed by atoms with E-state index >= 15 is 0 Å². The van der Waals surface area contributed by atoms with Gasteiger partial charge in [-0.15, -0.1) is 0 Å². The molecular formula is C16H27N3O. The van der Waals surface area contributed by atoms with E-state index in [1.54, 1.807) is 12.1 Å². The second-order valence-corrected chi connectivity index (χ2v) is 5.75. The second-order valence-electron chi connectivity index (χ2n) is 5.75. The van der Waals surface area contributed by atoms with E-state index in [0.29, 0.717) is 29.9 Å². The molecule has 0 fully saturated rings. The van der Waals surface area contributed by atoms with Crippen molar-refractivity contribution in [3.63, 3.8) is 0 Å². The number of nitrogens with two attached hydrogens (primary N) is 1. The van der Waals surface area contributed by atoms with Crippen LogP contribution < -0.4 is 11.1 Å². The van der Waals surface area contributed by atoms with Crippen molar-refractivity contribution in [3.05, 3.63) is 29.3 Å². The first kappa shape index (κ1) is 16.5. The van der Waals surface area contributed by atoms with Gasteiger partial charge < -0.3 is 11.1 Å². The Kier molecular flexibility index (Phi) is 6.02. The van der Waals surface area contributed by atoms with E-state index in [4.69, 9.17) is 5.73 Å². The summed E-state index contributed by atoms with van der Waals surface area (Å²) < 4.78 is 0. The van der Waals surface area contributed by atoms with Crippen molar-refractivity contribution in [1.82, 2.24) is 10.2 Å². The lowest BCUT2D eigenvalue weighted by Crippen LogP contribution is -2.42. The number of hydrogen-bond acceptors (Lipinski definition) is 3. The number of rotatable bonds is 6. The average Bonchev–Trinajstić information content (AvgIpc) is 2.36. The lowest BCUT2D eigenvalue weighted by atomic mass is 10.1. The summed E-state index contributed by atoms with van der Waals surface area (Å²) in [6, 6.07) is 6.32. The summed E-state index contributed by atoms with van der Waals surface area (Å²) in [4.78, 5) is 14.4. The van der Waals surface area contributed by atoms with Crippen LogP contribution in [0.1, 0.15) is 43.6 Å². The van der Waals surface area contributed by atoms with E-state index in [9.17, 15) is 4.79 Å². The Balaban J connectivity index is 2.53. The molecule has 3 N–H and O–H groups in total. The van der Waals surface area contributed by atoms with Crippen LogP contribution in [0.3, 0.4) is 0 Å². The Hall–Kier alpha value is -1.55. The Morgan fingerprint density at radius 1 is 1.25 bits per heavy atom. The quantitative estimate of drug-likeness (QED) is 0.785. The molecule has 1 rings (SSSR count). The maximum Gasteiger partial charge on any atom is 0.251 e. The molecule has 0 spiro atoms. The largest absolute Gasteiger partial charge is 0.399 e. The van der Waals surface area contributed by atoms with E-state index < -0.39 is 0 Å². The fourth-order valence-corrected chi connectivity index (χ4v) is 2.33. The highest BCUT2D eigenvalue weighted by molar-refractivity contribution is 5.94. The van der Waals surface area contributed by atoms with Gasteiger partial charge in [0, 0.05) is 36.4 Å². The molecule has 0 unspecified atom stereocenters. The Bertz CT molecular complexity index is 447. The maximum absolute atomic E-state index is 12.1. The molecule has 0 radical (unpaired) electrons. The zero-order valence-corrected chi connectivity index (χ0v) is 13.2. The number of benzene rings is 1. The first-order valence-corrected chi connectivity index (χ1v) is 7.23. The number of aryl methyl sites for hydroxylation is 1. The van der Waals surface area contributed by atoms with Crippen LogP contribution in [0.2, 0.25) is 0 Å². The van der Waals surface area contributed by atoms with Crippen molar-refractivity contribution < 1.29 is 4.79 Å². The predicted molar refractivity (Wildman–Crippen MR) is 84.9 cm³/mol. The molecule has 0 bridgehead atoms. The number of anilines is 1. The summed E-state index contributed by atoms with van der Waals surface area (Å²) in [5, 5.41) is 2.96. The predicted octanol–water partition coefficient (Wildman–Crippen LogP) is 2.43. The molecule has 1 aromatic rings. The van der Waals surface area contributed by atoms with Crippen molar-refractivity contribution in [3.8, 4) is 0 Å². The van der Waals surface area contributed by atoms with Crippen LogP contribution in [0.25, 0.3) is 0 Å². The van der Waals surface area contributed by atoms with Gasteiger partial charge in [-0.3, -0.25) is 9.69 Å². The second kappa shape index (κ2) is 7.29. The summed E-state index contributed by atoms with van der Waals surface area (Å²) in [6.45, 7) is 12.1. The number of nitrogens with one attached hydrogen (secondary N) is 1. The third kappa shape index (κ3) is 4.53. The highest BCUT2D eigenvalue weighted by Crippen LogP contribution is 2.12. The fourth-order valence-electron chi connectivity index (χ4n) is 2.33. The molecule has 4 heteroatoms. The smallest absolute Gasteiger partial charge is 0.251 e. The SMILES string of the molecule is Cc1cc(C(=O)NCCN(C(C)C)C(C)C)ccc1N. The molecule has 112 valence electrons. The van der Waals surface area contributed by atoms with Gasteiger partial charge in [-0.1, -0.05) is 0 Å². The first-order chi connectivity index (χ1) is 9.32. The van der Waals surface area contributed by atoms with Crippen LogP contribution in [0, 0.1) is 6.92 Å². The van der Waals surface area contributed by atoms with Crippen molar-refractivity contribution >= 4 is 11.6 Å². The van der Waals surface area contributed by atoms with Crippen molar-refractivity contribution in [1.29, 1.82) is 0 Å². The number of hydrogen-bond donors (Lipinski definition) is 2. The lowest BCUT2D eigenvalue weighted by Gasteiger charge is -2.30. The van der Waals surface area contributed by atoms with Crippen molar-refractivity contribution in [2.45, 2.75) is 46.7 Å². The highest BCUT2D eigenvalue weighted by Gasteiger charge is 2.13. The minimum absolute atomic E-state index is 0.0411. The highest BCUT2D eigenvalue weighted by atomic mass is 16.1. The minimum atomic E-state index is -0.0411. The van der Waals surface area contributed by atoms with Gasteiger partial charge in [0.05, 0.1) is 0 Å². The molecule has 0 heterocycles. The molecule has 4 nitrogen and oxygen atoms in total. The molecule has 0 aromatic heterocycles. The summed E-state index contributed by atoms with van der Waals surface area (Å²) >= 11 is 0. The lowest BCUT2D eigenvalue weighted by molar-refractivity contribution is 0.0939. The Labute approximate surface area is 122 Å². The van der Waals surface area contributed by atoms with Crippen LogP contribution in [0.4, 0.5) is 5.69 Å². The van der Waals surface area contributed by atoms with Crippen LogP contribution in [-0.4, -0.2) is 36.0 Å². The summed E-state index contributed by atoms with van der Waals surface area (Å²) in [7, 11) is 0. The van der Waals surface area contributed by atoms with Gasteiger partial charge in [0.2, 0.25) is 0 Å². The van der Waals surface area contributed by atoms with E-state index in [2.05, 4.69) is 37.9 Å². The molecule has 0 saturated carbocycles. The van der Waals surface area contributed by atoms with Gasteiger partial charge in [-0.05, 0) is 58.4 Å². The van der Waals surface area contributed by atoms with Gasteiger partial charge in [-0.25, -0.2) is 0 Å². The Morgan fingerprint density at radius 2 is 1.85 bits per heavy atom. The molecule has 0 aliphatic rings. The fraction of sp³-hybridized carbons (Fsp3) is 0.562. The van der Waals surface area contributed by atoms with E-state index in [0.717, 1.165) is 12.1 Å². The van der Waals surface area contributed by atoms with Gasteiger partial charge in [0.25, 0.3) is 5.91 Å². The molecule has 0 aliphatic heterocycles. The van der Waals surface area contributed by atoms with Crippen molar-refractivity contribution in [2.24, 2.45) is 0 Å². The third-order valence-corrected chi connectivity index (χ3v) is 3.51. The molecular weight excluding hydrogens is 250 g/mol. The number of nitrogen functional groups attached to an aromatic ring is 1. The van der Waals surface area contributed by atoms with Crippen LogP contribution in [-0.2, 0) is 0 Å². The number of carbonyl (C=O) groups excluding carboxylic acids is 1. The zero-order chi connectivity index (χ0) is 15.3. The third-order valence-electron chi connectivity index (χ3n) is 3.51. The van der Waals surface area contributed by atoms with Gasteiger partial charge in [-0.2, -0.15) is 0 Å². The molecule has 0 aliphatic carbocycles. The summed E-state index contributed by atoms with van der Waals surface area (Å²) in [5.41, 5.74) is 8.07. The van der Waals surface area contributed by atoms with Crippen molar-refractivity contribution in [2.75, 3.05) is 18.8 Å². The van der Waals surface area contributed by atoms with Gasteiger partial charge in [0.1, 0.15) is 0 Å². The molecule has 1 amide bonds. The molecule has 1 aromatic carbocycles. The first-order valence-electron chi connectivity index (χ1n) is 7.23. The van der Waals surface area contributed by atoms with Crippen LogP contribution >= 0.6 is 0 Å². The molecule has 0 saturated heterocycles. The normalized spacial score (nSPS) is 11.4. The van der Waals surface area contributed by atoms with Gasteiger partial charge >= 0.3 is 0 Å². The number of carbonyl (C=O) groups is 1. The summed E-state index contributed by atoms with van der Waals surface area (Å²) in [5.74, 6) is -0.0411. The van der Waals surface area contributed by atoms with Crippen LogP contribution in [0.15, 0.2) is 18.2 Å². The maximum atomic E-state index is 12.1. The summed E-state index contributed by atoms with van der Waals surface area (Å²) in [6.07, 6.45) is 0. The van der Waals surface area contributed by atoms with E-state index in [1.807, 2.05) is 13.0 Å². The topological polar surface area (TPSA) is 58.4 Å². The Morgan fingerprint density at radius 3 is 2.35 bits per heavy atom. The van der Waals surface area contributed by atoms with E-state index in [-0.39, 0.29) is 5.91 Å². The van der Waals surface area contributed by atoms with E-state index in [1.165, 1.54) is 0 Å². The average molecular weight is 277 g/mol. The monoisotopic (exact) mass is 277 g/mol. The van der Waals surface area contributed by atoms with Crippen LogP contribution in [0.5, 0.6) is 0 Å². The number of amides is 1. The van der Waals surface area contributed by atoms with Gasteiger partial charge in [0.15, 0.2) is 0 Å². The standard InChI is InChI=1S/C16H27N3O/c1-11(2)19(12(3)4)9-8-18-16(20)14-6-7-15(17)13(5)10-14/h6-7,10-12H,8-9,17H2,1-5H3,(H,18,20). The zero-order valence-electron chi connectivity index (χ0n) is 13.2. The number of nitrogens with zero attached hydrogens (tertiary/aromatic N) is 1. The minimum Gasteiger partial charge on any atom is -0.399 e. The molecule has 20 heavy (non-hydrogen) atoms. The molecule has 0 atom stereocenters.